The number of anilines is 1. The van der Waals surface area contributed by atoms with Gasteiger partial charge in [-0.05, 0) is 51.0 Å². The van der Waals surface area contributed by atoms with Crippen molar-refractivity contribution < 1.29 is 4.74 Å². The molecule has 0 amide bonds. The minimum atomic E-state index is -0.277. The van der Waals surface area contributed by atoms with Crippen LogP contribution in [0.15, 0.2) is 48.9 Å². The maximum Gasteiger partial charge on any atom is 0.214 e. The van der Waals surface area contributed by atoms with Gasteiger partial charge in [0, 0.05) is 48.5 Å². The highest BCUT2D eigenvalue weighted by Crippen LogP contribution is 2.20. The fraction of sp³-hybridized carbons (Fsp3) is 0.333. The molecule has 6 nitrogen and oxygen atoms in total. The van der Waals surface area contributed by atoms with Crippen molar-refractivity contribution in [1.29, 1.82) is 0 Å². The van der Waals surface area contributed by atoms with Gasteiger partial charge in [-0.1, -0.05) is 6.92 Å². The summed E-state index contributed by atoms with van der Waals surface area (Å²) in [4.78, 5) is 17.6. The molecule has 3 aromatic heterocycles. The highest BCUT2D eigenvalue weighted by atomic mass is 16.5. The lowest BCUT2D eigenvalue weighted by Crippen LogP contribution is -2.23. The zero-order valence-corrected chi connectivity index (χ0v) is 16.2. The molecule has 6 heteroatoms. The van der Waals surface area contributed by atoms with Crippen molar-refractivity contribution in [3.63, 3.8) is 0 Å². The average Bonchev–Trinajstić information content (AvgIpc) is 2.66. The van der Waals surface area contributed by atoms with Gasteiger partial charge in [0.05, 0.1) is 0 Å². The summed E-state index contributed by atoms with van der Waals surface area (Å²) in [6.07, 6.45) is 6.10. The lowest BCUT2D eigenvalue weighted by Gasteiger charge is -2.20. The molecular formula is C21H25N5O. The SMILES string of the molecule is CCc1cc(NCc2ccnc(OC(C)(C)C)c2)nc(-c2ccncc2)n1. The van der Waals surface area contributed by atoms with Crippen LogP contribution in [0.1, 0.15) is 39.0 Å². The van der Waals surface area contributed by atoms with Gasteiger partial charge in [0.2, 0.25) is 5.88 Å². The summed E-state index contributed by atoms with van der Waals surface area (Å²) in [5, 5.41) is 3.39. The summed E-state index contributed by atoms with van der Waals surface area (Å²) in [5.41, 5.74) is 2.74. The molecule has 27 heavy (non-hydrogen) atoms. The van der Waals surface area contributed by atoms with Crippen LogP contribution in [0, 0.1) is 0 Å². The molecule has 0 spiro atoms. The van der Waals surface area contributed by atoms with Crippen LogP contribution in [0.3, 0.4) is 0 Å². The van der Waals surface area contributed by atoms with E-state index in [0.717, 1.165) is 29.1 Å². The van der Waals surface area contributed by atoms with Gasteiger partial charge in [-0.3, -0.25) is 4.98 Å². The highest BCUT2D eigenvalue weighted by molar-refractivity contribution is 5.56. The first-order chi connectivity index (χ1) is 12.9. The van der Waals surface area contributed by atoms with Crippen molar-refractivity contribution in [2.45, 2.75) is 46.3 Å². The van der Waals surface area contributed by atoms with Gasteiger partial charge in [-0.25, -0.2) is 15.0 Å². The van der Waals surface area contributed by atoms with E-state index in [1.165, 1.54) is 0 Å². The van der Waals surface area contributed by atoms with Crippen LogP contribution in [0.5, 0.6) is 5.88 Å². The van der Waals surface area contributed by atoms with Crippen LogP contribution in [0.2, 0.25) is 0 Å². The van der Waals surface area contributed by atoms with Gasteiger partial charge in [0.25, 0.3) is 0 Å². The van der Waals surface area contributed by atoms with E-state index >= 15 is 0 Å². The predicted octanol–water partition coefficient (Wildman–Crippen LogP) is 4.29. The number of nitrogens with zero attached hydrogens (tertiary/aromatic N) is 4. The molecule has 0 radical (unpaired) electrons. The van der Waals surface area contributed by atoms with Gasteiger partial charge >= 0.3 is 0 Å². The van der Waals surface area contributed by atoms with Crippen molar-refractivity contribution in [2.75, 3.05) is 5.32 Å². The van der Waals surface area contributed by atoms with Crippen LogP contribution in [0.25, 0.3) is 11.4 Å². The summed E-state index contributed by atoms with van der Waals surface area (Å²) >= 11 is 0. The van der Waals surface area contributed by atoms with Crippen LogP contribution in [-0.4, -0.2) is 25.5 Å². The number of pyridine rings is 2. The van der Waals surface area contributed by atoms with Gasteiger partial charge in [-0.2, -0.15) is 0 Å². The number of ether oxygens (including phenoxy) is 1. The van der Waals surface area contributed by atoms with Gasteiger partial charge in [0.1, 0.15) is 11.4 Å². The van der Waals surface area contributed by atoms with E-state index < -0.39 is 0 Å². The Morgan fingerprint density at radius 1 is 1.00 bits per heavy atom. The number of aryl methyl sites for hydroxylation is 1. The fourth-order valence-corrected chi connectivity index (χ4v) is 2.52. The Morgan fingerprint density at radius 2 is 1.78 bits per heavy atom. The van der Waals surface area contributed by atoms with E-state index in [9.17, 15) is 0 Å². The Kier molecular flexibility index (Phi) is 5.64. The minimum absolute atomic E-state index is 0.277. The Morgan fingerprint density at radius 3 is 2.48 bits per heavy atom. The summed E-state index contributed by atoms with van der Waals surface area (Å²) in [5.74, 6) is 2.12. The predicted molar refractivity (Wildman–Crippen MR) is 107 cm³/mol. The Balaban J connectivity index is 1.77. The summed E-state index contributed by atoms with van der Waals surface area (Å²) in [7, 11) is 0. The first kappa shape index (κ1) is 18.8. The number of nitrogens with one attached hydrogen (secondary N) is 1. The molecular weight excluding hydrogens is 338 g/mol. The van der Waals surface area contributed by atoms with Crippen LogP contribution in [-0.2, 0) is 13.0 Å². The first-order valence-corrected chi connectivity index (χ1v) is 9.09. The zero-order chi connectivity index (χ0) is 19.3. The molecule has 0 aliphatic rings. The molecule has 140 valence electrons. The van der Waals surface area contributed by atoms with E-state index in [2.05, 4.69) is 32.2 Å². The molecule has 1 N–H and O–H groups in total. The number of hydrogen-bond donors (Lipinski definition) is 1. The second-order valence-corrected chi connectivity index (χ2v) is 7.23. The van der Waals surface area contributed by atoms with Crippen LogP contribution in [0.4, 0.5) is 5.82 Å². The molecule has 0 fully saturated rings. The maximum absolute atomic E-state index is 5.84. The molecule has 3 aromatic rings. The summed E-state index contributed by atoms with van der Waals surface area (Å²) < 4.78 is 5.84. The van der Waals surface area contributed by atoms with E-state index in [0.29, 0.717) is 18.2 Å². The Bertz CT molecular complexity index is 891. The molecule has 0 saturated carbocycles. The Hall–Kier alpha value is -3.02. The number of rotatable bonds is 6. The summed E-state index contributed by atoms with van der Waals surface area (Å²) in [6.45, 7) is 8.73. The lowest BCUT2D eigenvalue weighted by atomic mass is 10.2. The first-order valence-electron chi connectivity index (χ1n) is 9.09. The lowest BCUT2D eigenvalue weighted by molar-refractivity contribution is 0.124. The topological polar surface area (TPSA) is 72.8 Å². The molecule has 0 aliphatic carbocycles. The van der Waals surface area contributed by atoms with E-state index in [4.69, 9.17) is 4.74 Å². The van der Waals surface area contributed by atoms with E-state index in [-0.39, 0.29) is 5.60 Å². The molecule has 0 aromatic carbocycles. The largest absolute Gasteiger partial charge is 0.472 e. The van der Waals surface area contributed by atoms with Gasteiger partial charge in [0.15, 0.2) is 5.82 Å². The molecule has 0 aliphatic heterocycles. The minimum Gasteiger partial charge on any atom is -0.472 e. The molecule has 0 saturated heterocycles. The number of hydrogen-bond acceptors (Lipinski definition) is 6. The third-order valence-corrected chi connectivity index (χ3v) is 3.76. The normalized spacial score (nSPS) is 11.3. The summed E-state index contributed by atoms with van der Waals surface area (Å²) in [6, 6.07) is 9.73. The van der Waals surface area contributed by atoms with E-state index in [1.54, 1.807) is 18.6 Å². The zero-order valence-electron chi connectivity index (χ0n) is 16.2. The monoisotopic (exact) mass is 363 g/mol. The fourth-order valence-electron chi connectivity index (χ4n) is 2.52. The third-order valence-electron chi connectivity index (χ3n) is 3.76. The maximum atomic E-state index is 5.84. The smallest absolute Gasteiger partial charge is 0.214 e. The van der Waals surface area contributed by atoms with Crippen molar-refractivity contribution in [3.05, 3.63) is 60.2 Å². The third kappa shape index (κ3) is 5.48. The molecule has 0 bridgehead atoms. The molecule has 0 unspecified atom stereocenters. The molecule has 0 atom stereocenters. The Labute approximate surface area is 160 Å². The quantitative estimate of drug-likeness (QED) is 0.704. The average molecular weight is 363 g/mol. The van der Waals surface area contributed by atoms with Crippen molar-refractivity contribution in [3.8, 4) is 17.3 Å². The van der Waals surface area contributed by atoms with Crippen LogP contribution < -0.4 is 10.1 Å². The van der Waals surface area contributed by atoms with Crippen molar-refractivity contribution in [2.24, 2.45) is 0 Å². The van der Waals surface area contributed by atoms with Gasteiger partial charge < -0.3 is 10.1 Å². The standard InChI is InChI=1S/C21H25N5O/c1-5-17-13-18(26-20(25-17)16-7-9-22-10-8-16)24-14-15-6-11-23-19(12-15)27-21(2,3)4/h6-13H,5,14H2,1-4H3,(H,24,25,26). The van der Waals surface area contributed by atoms with Crippen LogP contribution >= 0.6 is 0 Å². The van der Waals surface area contributed by atoms with Gasteiger partial charge in [-0.15, -0.1) is 0 Å². The molecule has 3 rings (SSSR count). The van der Waals surface area contributed by atoms with E-state index in [1.807, 2.05) is 51.1 Å². The van der Waals surface area contributed by atoms with Crippen molar-refractivity contribution in [1.82, 2.24) is 19.9 Å². The molecule has 3 heterocycles. The number of aromatic nitrogens is 4. The van der Waals surface area contributed by atoms with Crippen molar-refractivity contribution >= 4 is 5.82 Å². The second kappa shape index (κ2) is 8.12. The second-order valence-electron chi connectivity index (χ2n) is 7.23. The highest BCUT2D eigenvalue weighted by Gasteiger charge is 2.13.